The van der Waals surface area contributed by atoms with E-state index in [9.17, 15) is 8.78 Å². The Balaban J connectivity index is 3.18. The molecule has 0 amide bonds. The molecule has 0 N–H and O–H groups in total. The second-order valence-electron chi connectivity index (χ2n) is 3.06. The molecule has 14 heavy (non-hydrogen) atoms. The fraction of sp³-hybridized carbons (Fsp3) is 0.400. The van der Waals surface area contributed by atoms with Crippen LogP contribution in [0.3, 0.4) is 0 Å². The van der Waals surface area contributed by atoms with Gasteiger partial charge in [0.05, 0.1) is 7.11 Å². The first kappa shape index (κ1) is 11.4. The molecule has 0 spiro atoms. The highest BCUT2D eigenvalue weighted by atomic mass is 79.9. The smallest absolute Gasteiger partial charge is 0.133 e. The van der Waals surface area contributed by atoms with E-state index in [1.807, 2.05) is 0 Å². The van der Waals surface area contributed by atoms with Crippen LogP contribution in [0.25, 0.3) is 0 Å². The monoisotopic (exact) mass is 264 g/mol. The minimum atomic E-state index is -0.561. The van der Waals surface area contributed by atoms with Crippen molar-refractivity contribution in [2.45, 2.75) is 12.8 Å². The second-order valence-corrected chi connectivity index (χ2v) is 3.71. The van der Waals surface area contributed by atoms with Crippen LogP contribution in [0.1, 0.15) is 18.4 Å². The van der Waals surface area contributed by atoms with Crippen LogP contribution in [0.2, 0.25) is 0 Å². The maximum atomic E-state index is 13.4. The Morgan fingerprint density at radius 3 is 2.21 bits per heavy atom. The lowest BCUT2D eigenvalue weighted by atomic mass is 10.0. The molecule has 1 rings (SSSR count). The van der Waals surface area contributed by atoms with Gasteiger partial charge in [0, 0.05) is 23.0 Å². The van der Waals surface area contributed by atoms with E-state index in [-0.39, 0.29) is 17.2 Å². The zero-order valence-corrected chi connectivity index (χ0v) is 9.57. The zero-order chi connectivity index (χ0) is 10.7. The van der Waals surface area contributed by atoms with E-state index < -0.39 is 11.6 Å². The van der Waals surface area contributed by atoms with E-state index in [2.05, 4.69) is 15.9 Å². The Labute approximate surface area is 90.2 Å². The van der Waals surface area contributed by atoms with Gasteiger partial charge < -0.3 is 4.74 Å². The van der Waals surface area contributed by atoms with Crippen molar-refractivity contribution in [3.8, 4) is 5.75 Å². The number of benzene rings is 1. The van der Waals surface area contributed by atoms with Crippen LogP contribution in [0.5, 0.6) is 5.75 Å². The normalized spacial score (nSPS) is 12.6. The molecule has 0 saturated carbocycles. The number of hydrogen-bond donors (Lipinski definition) is 0. The van der Waals surface area contributed by atoms with E-state index in [1.165, 1.54) is 19.2 Å². The lowest BCUT2D eigenvalue weighted by Crippen LogP contribution is -2.03. The van der Waals surface area contributed by atoms with Gasteiger partial charge in [0.2, 0.25) is 0 Å². The van der Waals surface area contributed by atoms with Gasteiger partial charge in [-0.15, -0.1) is 0 Å². The molecule has 0 saturated heterocycles. The average Bonchev–Trinajstić information content (AvgIpc) is 2.16. The summed E-state index contributed by atoms with van der Waals surface area (Å²) in [6.45, 7) is 1.75. The van der Waals surface area contributed by atoms with Crippen LogP contribution in [-0.4, -0.2) is 12.4 Å². The van der Waals surface area contributed by atoms with Crippen molar-refractivity contribution >= 4 is 15.9 Å². The van der Waals surface area contributed by atoms with Gasteiger partial charge in [-0.1, -0.05) is 22.9 Å². The van der Waals surface area contributed by atoms with Gasteiger partial charge in [-0.3, -0.25) is 0 Å². The molecule has 0 fully saturated rings. The van der Waals surface area contributed by atoms with E-state index in [0.717, 1.165) is 0 Å². The molecule has 0 aliphatic carbocycles. The second kappa shape index (κ2) is 4.73. The van der Waals surface area contributed by atoms with Crippen molar-refractivity contribution in [2.75, 3.05) is 12.4 Å². The summed E-state index contributed by atoms with van der Waals surface area (Å²) in [5.74, 6) is -1.12. The molecule has 0 radical (unpaired) electrons. The SMILES string of the molecule is COc1cc(F)c(C(C)CBr)c(F)c1. The summed E-state index contributed by atoms with van der Waals surface area (Å²) < 4.78 is 31.5. The van der Waals surface area contributed by atoms with Gasteiger partial charge in [0.25, 0.3) is 0 Å². The van der Waals surface area contributed by atoms with E-state index in [4.69, 9.17) is 4.74 Å². The van der Waals surface area contributed by atoms with Crippen molar-refractivity contribution in [1.29, 1.82) is 0 Å². The van der Waals surface area contributed by atoms with Crippen LogP contribution in [0, 0.1) is 11.6 Å². The number of methoxy groups -OCH3 is 1. The molecule has 1 aromatic carbocycles. The highest BCUT2D eigenvalue weighted by molar-refractivity contribution is 9.09. The summed E-state index contributed by atoms with van der Waals surface area (Å²) in [6.07, 6.45) is 0. The highest BCUT2D eigenvalue weighted by Crippen LogP contribution is 2.27. The Bertz CT molecular complexity index is 305. The first-order valence-corrected chi connectivity index (χ1v) is 5.31. The molecule has 1 unspecified atom stereocenters. The molecule has 0 aromatic heterocycles. The summed E-state index contributed by atoms with van der Waals surface area (Å²) in [4.78, 5) is 0. The number of rotatable bonds is 3. The Morgan fingerprint density at radius 1 is 1.36 bits per heavy atom. The molecule has 0 aliphatic rings. The molecule has 78 valence electrons. The Morgan fingerprint density at radius 2 is 1.86 bits per heavy atom. The predicted molar refractivity (Wildman–Crippen MR) is 55.1 cm³/mol. The molecular formula is C10H11BrF2O. The van der Waals surface area contributed by atoms with Gasteiger partial charge in [-0.2, -0.15) is 0 Å². The number of hydrogen-bond acceptors (Lipinski definition) is 1. The van der Waals surface area contributed by atoms with Crippen molar-refractivity contribution in [3.63, 3.8) is 0 Å². The molecule has 4 heteroatoms. The van der Waals surface area contributed by atoms with E-state index >= 15 is 0 Å². The van der Waals surface area contributed by atoms with Crippen LogP contribution in [-0.2, 0) is 0 Å². The summed E-state index contributed by atoms with van der Waals surface area (Å²) in [7, 11) is 1.38. The minimum Gasteiger partial charge on any atom is -0.497 e. The largest absolute Gasteiger partial charge is 0.497 e. The third kappa shape index (κ3) is 2.23. The van der Waals surface area contributed by atoms with Crippen LogP contribution in [0.15, 0.2) is 12.1 Å². The van der Waals surface area contributed by atoms with Gasteiger partial charge in [0.15, 0.2) is 0 Å². The first-order valence-electron chi connectivity index (χ1n) is 4.19. The zero-order valence-electron chi connectivity index (χ0n) is 7.98. The van der Waals surface area contributed by atoms with Crippen LogP contribution < -0.4 is 4.74 Å². The molecule has 1 atom stereocenters. The summed E-state index contributed by atoms with van der Waals surface area (Å²) in [5, 5.41) is 0.521. The molecule has 0 aliphatic heterocycles. The number of halogens is 3. The topological polar surface area (TPSA) is 9.23 Å². The fourth-order valence-electron chi connectivity index (χ4n) is 1.23. The third-order valence-electron chi connectivity index (χ3n) is 2.01. The van der Waals surface area contributed by atoms with Crippen LogP contribution in [0.4, 0.5) is 8.78 Å². The van der Waals surface area contributed by atoms with Gasteiger partial charge in [-0.25, -0.2) is 8.78 Å². The minimum absolute atomic E-state index is 0.0997. The quantitative estimate of drug-likeness (QED) is 0.760. The molecule has 1 aromatic rings. The third-order valence-corrected chi connectivity index (χ3v) is 2.98. The van der Waals surface area contributed by atoms with Crippen molar-refractivity contribution < 1.29 is 13.5 Å². The summed E-state index contributed by atoms with van der Waals surface area (Å²) >= 11 is 3.19. The Hall–Kier alpha value is -0.640. The van der Waals surface area contributed by atoms with Crippen molar-refractivity contribution in [1.82, 2.24) is 0 Å². The highest BCUT2D eigenvalue weighted by Gasteiger charge is 2.16. The first-order chi connectivity index (χ1) is 6.60. The maximum absolute atomic E-state index is 13.4. The van der Waals surface area contributed by atoms with E-state index in [0.29, 0.717) is 5.33 Å². The number of alkyl halides is 1. The van der Waals surface area contributed by atoms with Gasteiger partial charge in [0.1, 0.15) is 17.4 Å². The lowest BCUT2D eigenvalue weighted by Gasteiger charge is -2.11. The molecule has 0 bridgehead atoms. The van der Waals surface area contributed by atoms with Crippen LogP contribution >= 0.6 is 15.9 Å². The molecule has 1 nitrogen and oxygen atoms in total. The number of ether oxygens (including phenoxy) is 1. The lowest BCUT2D eigenvalue weighted by molar-refractivity contribution is 0.404. The maximum Gasteiger partial charge on any atom is 0.133 e. The summed E-state index contributed by atoms with van der Waals surface area (Å²) in [5.41, 5.74) is 0.0997. The fourth-order valence-corrected chi connectivity index (χ4v) is 1.55. The van der Waals surface area contributed by atoms with E-state index in [1.54, 1.807) is 6.92 Å². The van der Waals surface area contributed by atoms with Gasteiger partial charge in [-0.05, 0) is 5.92 Å². The average molecular weight is 265 g/mol. The Kier molecular flexibility index (Phi) is 3.86. The standard InChI is InChI=1S/C10H11BrF2O/c1-6(5-11)10-8(12)3-7(14-2)4-9(10)13/h3-4,6H,5H2,1-2H3. The van der Waals surface area contributed by atoms with Crippen molar-refractivity contribution in [2.24, 2.45) is 0 Å². The molecule has 0 heterocycles. The van der Waals surface area contributed by atoms with Crippen molar-refractivity contribution in [3.05, 3.63) is 29.3 Å². The van der Waals surface area contributed by atoms with Gasteiger partial charge >= 0.3 is 0 Å². The molecular weight excluding hydrogens is 254 g/mol. The summed E-state index contributed by atoms with van der Waals surface area (Å²) in [6, 6.07) is 2.38. The predicted octanol–water partition coefficient (Wildman–Crippen LogP) is 3.47.